The highest BCUT2D eigenvalue weighted by molar-refractivity contribution is 7.89. The number of anilines is 1. The zero-order valence-corrected chi connectivity index (χ0v) is 17.7. The van der Waals surface area contributed by atoms with E-state index in [0.717, 1.165) is 43.1 Å². The summed E-state index contributed by atoms with van der Waals surface area (Å²) in [4.78, 5) is 12.6. The fourth-order valence-corrected chi connectivity index (χ4v) is 5.12. The molecule has 1 aliphatic carbocycles. The number of aryl methyl sites for hydroxylation is 1. The molecular formula is C22H25N3O4S. The lowest BCUT2D eigenvalue weighted by molar-refractivity contribution is -0.115. The molecule has 158 valence electrons. The minimum atomic E-state index is -3.56. The third kappa shape index (κ3) is 4.71. The first-order chi connectivity index (χ1) is 14.4. The Morgan fingerprint density at radius 1 is 1.10 bits per heavy atom. The maximum atomic E-state index is 12.6. The molecule has 3 aromatic rings. The van der Waals surface area contributed by atoms with Crippen LogP contribution in [0.3, 0.4) is 0 Å². The molecule has 30 heavy (non-hydrogen) atoms. The molecule has 1 fully saturated rings. The van der Waals surface area contributed by atoms with Crippen LogP contribution in [0.1, 0.15) is 43.4 Å². The number of nitrogens with zero attached hydrogens (tertiary/aromatic N) is 1. The second kappa shape index (κ2) is 8.57. The normalized spacial score (nSPS) is 15.4. The Bertz CT molecular complexity index is 1150. The predicted molar refractivity (Wildman–Crippen MR) is 115 cm³/mol. The molecule has 0 aliphatic heterocycles. The number of carbonyl (C=O) groups excluding carboxylic acids is 1. The highest BCUT2D eigenvalue weighted by Crippen LogP contribution is 2.22. The molecule has 1 saturated carbocycles. The molecular weight excluding hydrogens is 402 g/mol. The molecule has 2 aromatic carbocycles. The molecule has 0 radical (unpaired) electrons. The zero-order chi connectivity index (χ0) is 21.1. The number of aromatic nitrogens is 1. The van der Waals surface area contributed by atoms with Crippen molar-refractivity contribution in [1.29, 1.82) is 0 Å². The van der Waals surface area contributed by atoms with E-state index in [4.69, 9.17) is 4.52 Å². The van der Waals surface area contributed by atoms with E-state index in [2.05, 4.69) is 15.2 Å². The Kier molecular flexibility index (Phi) is 5.87. The van der Waals surface area contributed by atoms with Gasteiger partial charge in [0.25, 0.3) is 0 Å². The molecule has 1 heterocycles. The van der Waals surface area contributed by atoms with Gasteiger partial charge in [0.2, 0.25) is 15.9 Å². The Balaban J connectivity index is 1.40. The van der Waals surface area contributed by atoms with Gasteiger partial charge in [-0.15, -0.1) is 0 Å². The monoisotopic (exact) mass is 427 g/mol. The topological polar surface area (TPSA) is 101 Å². The number of fused-ring (bicyclic) bond motifs is 1. The Hall–Kier alpha value is -2.71. The maximum absolute atomic E-state index is 12.6. The number of hydrogen-bond donors (Lipinski definition) is 2. The van der Waals surface area contributed by atoms with Crippen molar-refractivity contribution in [3.63, 3.8) is 0 Å². The van der Waals surface area contributed by atoms with Crippen molar-refractivity contribution in [1.82, 2.24) is 9.88 Å². The van der Waals surface area contributed by atoms with E-state index in [0.29, 0.717) is 17.0 Å². The highest BCUT2D eigenvalue weighted by Gasteiger charge is 2.22. The van der Waals surface area contributed by atoms with Crippen LogP contribution in [0.2, 0.25) is 0 Å². The molecule has 1 aliphatic rings. The standard InChI is InChI=1S/C22H25N3O4S/c1-15-7-12-21-19(13-15)20(24-29-21)14-22(26)23-16-8-10-18(11-9-16)30(27,28)25-17-5-3-2-4-6-17/h7-13,17,25H,2-6,14H2,1H3,(H,23,26). The summed E-state index contributed by atoms with van der Waals surface area (Å²) < 4.78 is 33.2. The lowest BCUT2D eigenvalue weighted by Gasteiger charge is -2.22. The number of benzene rings is 2. The SMILES string of the molecule is Cc1ccc2onc(CC(=O)Nc3ccc(S(=O)(=O)NC4CCCCC4)cc3)c2c1. The number of sulfonamides is 1. The van der Waals surface area contributed by atoms with E-state index in [-0.39, 0.29) is 23.3 Å². The van der Waals surface area contributed by atoms with Crippen LogP contribution in [0.4, 0.5) is 5.69 Å². The molecule has 1 aromatic heterocycles. The number of rotatable bonds is 6. The van der Waals surface area contributed by atoms with Crippen molar-refractivity contribution in [3.8, 4) is 0 Å². The van der Waals surface area contributed by atoms with Crippen molar-refractivity contribution < 1.29 is 17.7 Å². The molecule has 1 amide bonds. The minimum absolute atomic E-state index is 0.00375. The van der Waals surface area contributed by atoms with E-state index in [1.165, 1.54) is 12.1 Å². The second-order valence-electron chi connectivity index (χ2n) is 7.83. The summed E-state index contributed by atoms with van der Waals surface area (Å²) in [5, 5.41) is 7.60. The lowest BCUT2D eigenvalue weighted by Crippen LogP contribution is -2.36. The van der Waals surface area contributed by atoms with Crippen molar-refractivity contribution in [2.75, 3.05) is 5.32 Å². The van der Waals surface area contributed by atoms with Gasteiger partial charge in [0.05, 0.1) is 11.3 Å². The fourth-order valence-electron chi connectivity index (χ4n) is 3.81. The van der Waals surface area contributed by atoms with E-state index in [1.807, 2.05) is 25.1 Å². The van der Waals surface area contributed by atoms with E-state index < -0.39 is 10.0 Å². The Labute approximate surface area is 175 Å². The van der Waals surface area contributed by atoms with E-state index in [1.54, 1.807) is 12.1 Å². The van der Waals surface area contributed by atoms with Crippen molar-refractivity contribution in [2.24, 2.45) is 0 Å². The maximum Gasteiger partial charge on any atom is 0.240 e. The first-order valence-electron chi connectivity index (χ1n) is 10.2. The van der Waals surface area contributed by atoms with Crippen LogP contribution in [-0.2, 0) is 21.2 Å². The van der Waals surface area contributed by atoms with Crippen LogP contribution in [-0.4, -0.2) is 25.5 Å². The van der Waals surface area contributed by atoms with Crippen LogP contribution in [0.5, 0.6) is 0 Å². The molecule has 8 heteroatoms. The first-order valence-corrected chi connectivity index (χ1v) is 11.7. The van der Waals surface area contributed by atoms with E-state index >= 15 is 0 Å². The average Bonchev–Trinajstić information content (AvgIpc) is 3.10. The van der Waals surface area contributed by atoms with Crippen LogP contribution in [0, 0.1) is 6.92 Å². The summed E-state index contributed by atoms with van der Waals surface area (Å²) in [6, 6.07) is 11.9. The summed E-state index contributed by atoms with van der Waals surface area (Å²) >= 11 is 0. The molecule has 0 saturated heterocycles. The fraction of sp³-hybridized carbons (Fsp3) is 0.364. The summed E-state index contributed by atoms with van der Waals surface area (Å²) in [7, 11) is -3.56. The summed E-state index contributed by atoms with van der Waals surface area (Å²) in [5.74, 6) is -0.248. The number of carbonyl (C=O) groups is 1. The Morgan fingerprint density at radius 3 is 2.57 bits per heavy atom. The molecule has 0 bridgehead atoms. The summed E-state index contributed by atoms with van der Waals surface area (Å²) in [5.41, 5.74) is 2.80. The third-order valence-electron chi connectivity index (χ3n) is 5.40. The predicted octanol–water partition coefficient (Wildman–Crippen LogP) is 3.93. The smallest absolute Gasteiger partial charge is 0.240 e. The quantitative estimate of drug-likeness (QED) is 0.621. The van der Waals surface area contributed by atoms with Gasteiger partial charge < -0.3 is 9.84 Å². The van der Waals surface area contributed by atoms with Crippen LogP contribution in [0.15, 0.2) is 51.9 Å². The molecule has 2 N–H and O–H groups in total. The van der Waals surface area contributed by atoms with E-state index in [9.17, 15) is 13.2 Å². The van der Waals surface area contributed by atoms with Crippen molar-refractivity contribution in [2.45, 2.75) is 56.4 Å². The zero-order valence-electron chi connectivity index (χ0n) is 16.8. The minimum Gasteiger partial charge on any atom is -0.356 e. The van der Waals surface area contributed by atoms with Crippen molar-refractivity contribution in [3.05, 3.63) is 53.7 Å². The average molecular weight is 428 g/mol. The van der Waals surface area contributed by atoms with Gasteiger partial charge in [0, 0.05) is 17.1 Å². The van der Waals surface area contributed by atoms with Gasteiger partial charge in [-0.25, -0.2) is 13.1 Å². The number of hydrogen-bond acceptors (Lipinski definition) is 5. The van der Waals surface area contributed by atoms with Crippen LogP contribution in [0.25, 0.3) is 11.0 Å². The largest absolute Gasteiger partial charge is 0.356 e. The van der Waals surface area contributed by atoms with Crippen LogP contribution < -0.4 is 10.0 Å². The summed E-state index contributed by atoms with van der Waals surface area (Å²) in [6.45, 7) is 1.97. The number of nitrogens with one attached hydrogen (secondary N) is 2. The van der Waals surface area contributed by atoms with Gasteiger partial charge in [-0.2, -0.15) is 0 Å². The van der Waals surface area contributed by atoms with Gasteiger partial charge >= 0.3 is 0 Å². The molecule has 4 rings (SSSR count). The molecule has 7 nitrogen and oxygen atoms in total. The second-order valence-corrected chi connectivity index (χ2v) is 9.55. The van der Waals surface area contributed by atoms with Crippen LogP contribution >= 0.6 is 0 Å². The van der Waals surface area contributed by atoms with Gasteiger partial charge in [-0.3, -0.25) is 4.79 Å². The van der Waals surface area contributed by atoms with Gasteiger partial charge in [0.15, 0.2) is 5.58 Å². The summed E-state index contributed by atoms with van der Waals surface area (Å²) in [6.07, 6.45) is 5.10. The van der Waals surface area contributed by atoms with Crippen molar-refractivity contribution >= 4 is 32.6 Å². The molecule has 0 atom stereocenters. The number of amides is 1. The van der Waals surface area contributed by atoms with Gasteiger partial charge in [0.1, 0.15) is 5.69 Å². The lowest BCUT2D eigenvalue weighted by atomic mass is 9.96. The highest BCUT2D eigenvalue weighted by atomic mass is 32.2. The molecule has 0 spiro atoms. The Morgan fingerprint density at radius 2 is 1.83 bits per heavy atom. The third-order valence-corrected chi connectivity index (χ3v) is 6.94. The van der Waals surface area contributed by atoms with Gasteiger partial charge in [-0.1, -0.05) is 36.0 Å². The van der Waals surface area contributed by atoms with Gasteiger partial charge in [-0.05, 0) is 56.2 Å². The first kappa shape index (κ1) is 20.6. The molecule has 0 unspecified atom stereocenters.